The van der Waals surface area contributed by atoms with Crippen LogP contribution in [-0.2, 0) is 15.2 Å². The zero-order valence-electron chi connectivity index (χ0n) is 27.8. The first-order chi connectivity index (χ1) is 23.5. The molecule has 8 heteroatoms. The van der Waals surface area contributed by atoms with Crippen molar-refractivity contribution < 1.29 is 14.7 Å². The summed E-state index contributed by atoms with van der Waals surface area (Å²) in [4.78, 5) is 32.4. The van der Waals surface area contributed by atoms with E-state index in [1.807, 2.05) is 102 Å². The van der Waals surface area contributed by atoms with Gasteiger partial charge in [-0.3, -0.25) is 9.59 Å². The molecule has 4 aromatic carbocycles. The van der Waals surface area contributed by atoms with Crippen LogP contribution in [0.2, 0.25) is 10.0 Å². The average molecular weight is 695 g/mol. The van der Waals surface area contributed by atoms with E-state index in [2.05, 4.69) is 24.1 Å². The molecule has 49 heavy (non-hydrogen) atoms. The molecule has 2 N–H and O–H groups in total. The minimum atomic E-state index is -1.18. The Balaban J connectivity index is 1.21. The topological polar surface area (TPSA) is 72.9 Å². The molecule has 2 heterocycles. The highest BCUT2D eigenvalue weighted by atomic mass is 35.5. The molecule has 6 nitrogen and oxygen atoms in total. The predicted octanol–water partition coefficient (Wildman–Crippen LogP) is 8.78. The van der Waals surface area contributed by atoms with Crippen LogP contribution in [0.3, 0.4) is 0 Å². The van der Waals surface area contributed by atoms with Crippen molar-refractivity contribution in [2.75, 3.05) is 29.9 Å². The number of halogens is 2. The molecular weight excluding hydrogens is 653 g/mol. The molecule has 0 saturated carbocycles. The molecule has 1 aliphatic carbocycles. The fourth-order valence-corrected chi connectivity index (χ4v) is 8.38. The Kier molecular flexibility index (Phi) is 9.08. The van der Waals surface area contributed by atoms with E-state index in [0.29, 0.717) is 54.4 Å². The number of amides is 1. The standard InChI is InChI=1S/C41H41Cl2N3O3/c1-40(2)24-34-38(36(47)25-40)39(27-17-18-31(42)32(43)23-27)46(35-16-10-9-15-33(35)44-34)26-37(48)45-21-19-30(20-22-45)41(49,28-11-5-3-6-12-28)29-13-7-4-8-14-29/h3-18,23,30,39,44,49H,19-22,24-26H2,1-2H3. The number of likely N-dealkylation sites (tertiary alicyclic amines) is 1. The van der Waals surface area contributed by atoms with Gasteiger partial charge in [0.05, 0.1) is 34.0 Å². The lowest BCUT2D eigenvalue weighted by Gasteiger charge is -2.43. The van der Waals surface area contributed by atoms with E-state index in [4.69, 9.17) is 23.2 Å². The highest BCUT2D eigenvalue weighted by molar-refractivity contribution is 6.42. The molecular formula is C41H41Cl2N3O3. The van der Waals surface area contributed by atoms with Crippen molar-refractivity contribution in [3.05, 3.63) is 141 Å². The molecule has 0 radical (unpaired) electrons. The van der Waals surface area contributed by atoms with Gasteiger partial charge in [-0.15, -0.1) is 0 Å². The Bertz CT molecular complexity index is 1860. The van der Waals surface area contributed by atoms with Crippen LogP contribution in [-0.4, -0.2) is 41.3 Å². The van der Waals surface area contributed by atoms with E-state index in [1.165, 1.54) is 0 Å². The molecule has 1 atom stereocenters. The van der Waals surface area contributed by atoms with Crippen LogP contribution in [0.5, 0.6) is 0 Å². The summed E-state index contributed by atoms with van der Waals surface area (Å²) in [7, 11) is 0. The summed E-state index contributed by atoms with van der Waals surface area (Å²) in [6, 6.07) is 32.5. The minimum absolute atomic E-state index is 0.0334. The lowest BCUT2D eigenvalue weighted by atomic mass is 9.72. The Morgan fingerprint density at radius 2 is 1.47 bits per heavy atom. The van der Waals surface area contributed by atoms with Crippen LogP contribution >= 0.6 is 23.2 Å². The van der Waals surface area contributed by atoms with Crippen molar-refractivity contribution in [2.45, 2.75) is 51.2 Å². The predicted molar refractivity (Wildman–Crippen MR) is 197 cm³/mol. The summed E-state index contributed by atoms with van der Waals surface area (Å²) >= 11 is 12.9. The molecule has 1 saturated heterocycles. The normalized spacial score (nSPS) is 19.5. The molecule has 0 aromatic heterocycles. The molecule has 1 unspecified atom stereocenters. The van der Waals surface area contributed by atoms with E-state index in [-0.39, 0.29) is 29.6 Å². The number of hydrogen-bond donors (Lipinski definition) is 2. The van der Waals surface area contributed by atoms with Gasteiger partial charge >= 0.3 is 0 Å². The number of carbonyl (C=O) groups excluding carboxylic acids is 2. The number of piperidine rings is 1. The van der Waals surface area contributed by atoms with Gasteiger partial charge in [-0.1, -0.05) is 116 Å². The fraction of sp³-hybridized carbons (Fsp3) is 0.317. The summed E-state index contributed by atoms with van der Waals surface area (Å²) < 4.78 is 0. The molecule has 2 aliphatic heterocycles. The number of hydrogen-bond acceptors (Lipinski definition) is 5. The van der Waals surface area contributed by atoms with Crippen molar-refractivity contribution in [3.8, 4) is 0 Å². The summed E-state index contributed by atoms with van der Waals surface area (Å²) in [5.74, 6) is -0.0553. The second-order valence-corrected chi connectivity index (χ2v) is 15.1. The lowest BCUT2D eigenvalue weighted by Crippen LogP contribution is -2.49. The Hall–Kier alpha value is -4.10. The van der Waals surface area contributed by atoms with Crippen LogP contribution < -0.4 is 10.2 Å². The molecule has 0 spiro atoms. The van der Waals surface area contributed by atoms with Gasteiger partial charge in [0.2, 0.25) is 5.91 Å². The SMILES string of the molecule is CC1(C)CC(=O)C2=C(C1)Nc1ccccc1N(CC(=O)N1CCC(C(O)(c3ccccc3)c3ccccc3)CC1)C2c1ccc(Cl)c(Cl)c1. The van der Waals surface area contributed by atoms with Crippen molar-refractivity contribution in [1.29, 1.82) is 0 Å². The number of fused-ring (bicyclic) bond motifs is 1. The number of nitrogens with zero attached hydrogens (tertiary/aromatic N) is 2. The summed E-state index contributed by atoms with van der Waals surface area (Å²) in [6.07, 6.45) is 2.39. The minimum Gasteiger partial charge on any atom is -0.380 e. The zero-order valence-corrected chi connectivity index (χ0v) is 29.3. The lowest BCUT2D eigenvalue weighted by molar-refractivity contribution is -0.132. The first-order valence-corrected chi connectivity index (χ1v) is 17.8. The summed E-state index contributed by atoms with van der Waals surface area (Å²) in [5, 5.41) is 16.8. The number of carbonyl (C=O) groups is 2. The van der Waals surface area contributed by atoms with Crippen LogP contribution in [0.25, 0.3) is 0 Å². The van der Waals surface area contributed by atoms with Crippen molar-refractivity contribution in [3.63, 3.8) is 0 Å². The molecule has 7 rings (SSSR count). The molecule has 3 aliphatic rings. The number of ketones is 1. The Morgan fingerprint density at radius 1 is 0.857 bits per heavy atom. The fourth-order valence-electron chi connectivity index (χ4n) is 8.07. The Morgan fingerprint density at radius 3 is 2.10 bits per heavy atom. The van der Waals surface area contributed by atoms with Crippen molar-refractivity contribution in [2.24, 2.45) is 11.3 Å². The van der Waals surface area contributed by atoms with Gasteiger partial charge in [-0.2, -0.15) is 0 Å². The van der Waals surface area contributed by atoms with E-state index in [9.17, 15) is 14.7 Å². The second-order valence-electron chi connectivity index (χ2n) is 14.3. The smallest absolute Gasteiger partial charge is 0.242 e. The first-order valence-electron chi connectivity index (χ1n) is 17.0. The molecule has 1 amide bonds. The number of Topliss-reactive ketones (excluding diaryl/α,β-unsaturated/α-hetero) is 1. The monoisotopic (exact) mass is 693 g/mol. The summed E-state index contributed by atoms with van der Waals surface area (Å²) in [5.41, 5.74) is 4.35. The maximum absolute atomic E-state index is 14.4. The number of anilines is 2. The second kappa shape index (κ2) is 13.3. The first kappa shape index (κ1) is 33.4. The number of nitrogens with one attached hydrogen (secondary N) is 1. The highest BCUT2D eigenvalue weighted by Crippen LogP contribution is 2.49. The van der Waals surface area contributed by atoms with Gasteiger partial charge in [-0.05, 0) is 71.6 Å². The van der Waals surface area contributed by atoms with Gasteiger partial charge in [0, 0.05) is 30.8 Å². The quantitative estimate of drug-likeness (QED) is 0.211. The van der Waals surface area contributed by atoms with Gasteiger partial charge in [0.25, 0.3) is 0 Å². The van der Waals surface area contributed by atoms with Crippen LogP contribution in [0.15, 0.2) is 114 Å². The van der Waals surface area contributed by atoms with E-state index >= 15 is 0 Å². The van der Waals surface area contributed by atoms with Gasteiger partial charge in [0.15, 0.2) is 5.78 Å². The highest BCUT2D eigenvalue weighted by Gasteiger charge is 2.44. The summed E-state index contributed by atoms with van der Waals surface area (Å²) in [6.45, 7) is 5.31. The molecule has 1 fully saturated rings. The number of allylic oxidation sites excluding steroid dienone is 1. The molecule has 252 valence electrons. The van der Waals surface area contributed by atoms with Crippen LogP contribution in [0, 0.1) is 11.3 Å². The maximum Gasteiger partial charge on any atom is 0.242 e. The number of aliphatic hydroxyl groups is 1. The van der Waals surface area contributed by atoms with Crippen LogP contribution in [0.4, 0.5) is 11.4 Å². The zero-order chi connectivity index (χ0) is 34.3. The molecule has 4 aromatic rings. The third-order valence-electron chi connectivity index (χ3n) is 10.4. The van der Waals surface area contributed by atoms with Crippen molar-refractivity contribution >= 4 is 46.3 Å². The van der Waals surface area contributed by atoms with E-state index < -0.39 is 11.6 Å². The Labute approximate surface area is 298 Å². The number of benzene rings is 4. The molecule has 0 bridgehead atoms. The van der Waals surface area contributed by atoms with E-state index in [0.717, 1.165) is 33.8 Å². The van der Waals surface area contributed by atoms with Crippen molar-refractivity contribution in [1.82, 2.24) is 4.90 Å². The van der Waals surface area contributed by atoms with Gasteiger partial charge in [0.1, 0.15) is 5.60 Å². The van der Waals surface area contributed by atoms with Crippen LogP contribution in [0.1, 0.15) is 62.3 Å². The largest absolute Gasteiger partial charge is 0.380 e. The number of para-hydroxylation sites is 2. The average Bonchev–Trinajstić information content (AvgIpc) is 3.23. The number of rotatable bonds is 6. The van der Waals surface area contributed by atoms with E-state index in [1.54, 1.807) is 6.07 Å². The third-order valence-corrected chi connectivity index (χ3v) is 11.2. The maximum atomic E-state index is 14.4. The third kappa shape index (κ3) is 6.38. The van der Waals surface area contributed by atoms with Gasteiger partial charge in [-0.25, -0.2) is 0 Å². The van der Waals surface area contributed by atoms with Gasteiger partial charge < -0.3 is 20.2 Å².